The van der Waals surface area contributed by atoms with Gasteiger partial charge in [0.2, 0.25) is 0 Å². The minimum Gasteiger partial charge on any atom is -0.378 e. The zero-order chi connectivity index (χ0) is 14.0. The van der Waals surface area contributed by atoms with Crippen LogP contribution in [0.5, 0.6) is 0 Å². The number of hydrogen-bond donors (Lipinski definition) is 1. The Labute approximate surface area is 112 Å². The molecule has 0 amide bonds. The molecule has 2 rings (SSSR count). The van der Waals surface area contributed by atoms with Crippen molar-refractivity contribution in [3.63, 3.8) is 0 Å². The zero-order valence-electron chi connectivity index (χ0n) is 11.3. The molecule has 0 aliphatic heterocycles. The van der Waals surface area contributed by atoms with Gasteiger partial charge in [0.15, 0.2) is 0 Å². The molecule has 1 unspecified atom stereocenters. The molecule has 2 aromatic rings. The summed E-state index contributed by atoms with van der Waals surface area (Å²) in [6.45, 7) is 5.35. The third-order valence-corrected chi connectivity index (χ3v) is 3.26. The molecule has 0 aliphatic rings. The lowest BCUT2D eigenvalue weighted by Gasteiger charge is -2.18. The summed E-state index contributed by atoms with van der Waals surface area (Å²) < 4.78 is 27.4. The molecule has 0 radical (unpaired) electrons. The van der Waals surface area contributed by atoms with E-state index in [4.69, 9.17) is 0 Å². The molecule has 0 heterocycles. The number of benzene rings is 2. The van der Waals surface area contributed by atoms with Crippen LogP contribution < -0.4 is 5.32 Å². The summed E-state index contributed by atoms with van der Waals surface area (Å²) in [4.78, 5) is 0. The summed E-state index contributed by atoms with van der Waals surface area (Å²) in [5.74, 6) is -0.762. The number of hydrogen-bond acceptors (Lipinski definition) is 1. The van der Waals surface area contributed by atoms with Gasteiger partial charge in [-0.2, -0.15) is 0 Å². The van der Waals surface area contributed by atoms with Crippen LogP contribution in [-0.4, -0.2) is 0 Å². The predicted octanol–water partition coefficient (Wildman–Crippen LogP) is 4.75. The van der Waals surface area contributed by atoms with Crippen molar-refractivity contribution in [1.82, 2.24) is 0 Å². The lowest BCUT2D eigenvalue weighted by molar-refractivity contribution is 0.571. The van der Waals surface area contributed by atoms with E-state index in [9.17, 15) is 8.78 Å². The fraction of sp³-hybridized carbons (Fsp3) is 0.250. The lowest BCUT2D eigenvalue weighted by atomic mass is 10.0. The van der Waals surface area contributed by atoms with E-state index in [0.29, 0.717) is 11.1 Å². The number of aryl methyl sites for hydroxylation is 2. The van der Waals surface area contributed by atoms with Gasteiger partial charge in [0.25, 0.3) is 0 Å². The van der Waals surface area contributed by atoms with Gasteiger partial charge in [-0.05, 0) is 50.1 Å². The van der Waals surface area contributed by atoms with E-state index in [-0.39, 0.29) is 17.7 Å². The van der Waals surface area contributed by atoms with Crippen molar-refractivity contribution in [2.45, 2.75) is 26.8 Å². The maximum Gasteiger partial charge on any atom is 0.128 e. The fourth-order valence-corrected chi connectivity index (χ4v) is 2.04. The summed E-state index contributed by atoms with van der Waals surface area (Å²) in [5, 5.41) is 3.21. The van der Waals surface area contributed by atoms with Crippen LogP contribution in [0.15, 0.2) is 36.4 Å². The van der Waals surface area contributed by atoms with Gasteiger partial charge < -0.3 is 5.32 Å². The van der Waals surface area contributed by atoms with Gasteiger partial charge in [0, 0.05) is 11.3 Å². The summed E-state index contributed by atoms with van der Waals surface area (Å²) in [6, 6.07) is 9.96. The van der Waals surface area contributed by atoms with Crippen molar-refractivity contribution < 1.29 is 8.78 Å². The predicted molar refractivity (Wildman–Crippen MR) is 74.3 cm³/mol. The maximum absolute atomic E-state index is 13.9. The molecule has 3 heteroatoms. The molecular weight excluding hydrogens is 244 g/mol. The van der Waals surface area contributed by atoms with Gasteiger partial charge in [-0.3, -0.25) is 0 Å². The largest absolute Gasteiger partial charge is 0.378 e. The Balaban J connectivity index is 2.28. The Kier molecular flexibility index (Phi) is 3.84. The summed E-state index contributed by atoms with van der Waals surface area (Å²) in [6.07, 6.45) is 0. The van der Waals surface area contributed by atoms with E-state index >= 15 is 0 Å². The molecule has 1 N–H and O–H groups in total. The van der Waals surface area contributed by atoms with Crippen molar-refractivity contribution in [3.05, 3.63) is 64.7 Å². The van der Waals surface area contributed by atoms with Crippen molar-refractivity contribution >= 4 is 5.69 Å². The van der Waals surface area contributed by atoms with Crippen LogP contribution in [0, 0.1) is 25.5 Å². The molecule has 0 aromatic heterocycles. The zero-order valence-corrected chi connectivity index (χ0v) is 11.3. The van der Waals surface area contributed by atoms with Crippen molar-refractivity contribution in [2.75, 3.05) is 5.32 Å². The Morgan fingerprint density at radius 3 is 2.32 bits per heavy atom. The third-order valence-electron chi connectivity index (χ3n) is 3.26. The van der Waals surface area contributed by atoms with Crippen LogP contribution in [0.1, 0.15) is 29.7 Å². The molecule has 0 saturated carbocycles. The standard InChI is InChI=1S/C16H17F2N/c1-10-6-4-5-7-16(10)19-12(3)13-9-14(17)11(2)8-15(13)18/h4-9,12,19H,1-3H3. The monoisotopic (exact) mass is 261 g/mol. The van der Waals surface area contributed by atoms with Gasteiger partial charge in [0.05, 0.1) is 6.04 Å². The van der Waals surface area contributed by atoms with E-state index in [2.05, 4.69) is 5.32 Å². The summed E-state index contributed by atoms with van der Waals surface area (Å²) >= 11 is 0. The number of para-hydroxylation sites is 1. The Morgan fingerprint density at radius 2 is 1.63 bits per heavy atom. The first kappa shape index (κ1) is 13.5. The number of nitrogens with one attached hydrogen (secondary N) is 1. The molecule has 0 spiro atoms. The molecule has 19 heavy (non-hydrogen) atoms. The molecular formula is C16H17F2N. The van der Waals surface area contributed by atoms with E-state index in [1.165, 1.54) is 12.1 Å². The van der Waals surface area contributed by atoms with Crippen molar-refractivity contribution in [1.29, 1.82) is 0 Å². The van der Waals surface area contributed by atoms with E-state index < -0.39 is 0 Å². The molecule has 100 valence electrons. The lowest BCUT2D eigenvalue weighted by Crippen LogP contribution is -2.10. The van der Waals surface area contributed by atoms with Crippen LogP contribution >= 0.6 is 0 Å². The highest BCUT2D eigenvalue weighted by Gasteiger charge is 2.14. The average molecular weight is 261 g/mol. The van der Waals surface area contributed by atoms with E-state index in [1.807, 2.05) is 38.1 Å². The molecule has 2 aromatic carbocycles. The van der Waals surface area contributed by atoms with Crippen LogP contribution in [0.3, 0.4) is 0 Å². The maximum atomic E-state index is 13.9. The van der Waals surface area contributed by atoms with Gasteiger partial charge in [-0.15, -0.1) is 0 Å². The Morgan fingerprint density at radius 1 is 0.947 bits per heavy atom. The van der Waals surface area contributed by atoms with Gasteiger partial charge in [-0.25, -0.2) is 8.78 Å². The fourth-order valence-electron chi connectivity index (χ4n) is 2.04. The number of halogens is 2. The van der Waals surface area contributed by atoms with Gasteiger partial charge >= 0.3 is 0 Å². The van der Waals surface area contributed by atoms with Gasteiger partial charge in [0.1, 0.15) is 11.6 Å². The first-order valence-corrected chi connectivity index (χ1v) is 6.26. The highest BCUT2D eigenvalue weighted by atomic mass is 19.1. The van der Waals surface area contributed by atoms with E-state index in [1.54, 1.807) is 6.92 Å². The smallest absolute Gasteiger partial charge is 0.128 e. The molecule has 0 fully saturated rings. The number of anilines is 1. The SMILES string of the molecule is Cc1cc(F)c(C(C)Nc2ccccc2C)cc1F. The van der Waals surface area contributed by atoms with Crippen LogP contribution in [-0.2, 0) is 0 Å². The second kappa shape index (κ2) is 5.39. The second-order valence-corrected chi connectivity index (χ2v) is 4.80. The van der Waals surface area contributed by atoms with Gasteiger partial charge in [-0.1, -0.05) is 18.2 Å². The second-order valence-electron chi connectivity index (χ2n) is 4.80. The summed E-state index contributed by atoms with van der Waals surface area (Å²) in [7, 11) is 0. The van der Waals surface area contributed by atoms with Crippen molar-refractivity contribution in [2.24, 2.45) is 0 Å². The minimum absolute atomic E-state index is 0.295. The van der Waals surface area contributed by atoms with Crippen molar-refractivity contribution in [3.8, 4) is 0 Å². The van der Waals surface area contributed by atoms with E-state index in [0.717, 1.165) is 11.3 Å². The first-order chi connectivity index (χ1) is 8.99. The Hall–Kier alpha value is -1.90. The normalized spacial score (nSPS) is 12.3. The molecule has 0 bridgehead atoms. The highest BCUT2D eigenvalue weighted by molar-refractivity contribution is 5.52. The first-order valence-electron chi connectivity index (χ1n) is 6.26. The molecule has 0 saturated heterocycles. The minimum atomic E-state index is -0.382. The number of rotatable bonds is 3. The summed E-state index contributed by atoms with van der Waals surface area (Å²) in [5.41, 5.74) is 2.66. The topological polar surface area (TPSA) is 12.0 Å². The van der Waals surface area contributed by atoms with Crippen LogP contribution in [0.2, 0.25) is 0 Å². The average Bonchev–Trinajstić information content (AvgIpc) is 2.36. The molecule has 1 nitrogen and oxygen atoms in total. The highest BCUT2D eigenvalue weighted by Crippen LogP contribution is 2.25. The van der Waals surface area contributed by atoms with Crippen LogP contribution in [0.4, 0.5) is 14.5 Å². The molecule has 1 atom stereocenters. The Bertz CT molecular complexity index is 593. The quantitative estimate of drug-likeness (QED) is 0.840. The third kappa shape index (κ3) is 2.92. The molecule has 0 aliphatic carbocycles. The van der Waals surface area contributed by atoms with Crippen LogP contribution in [0.25, 0.3) is 0 Å².